The Balaban J connectivity index is 1.73. The molecule has 7 nitrogen and oxygen atoms in total. The predicted octanol–water partition coefficient (Wildman–Crippen LogP) is 1.33. The zero-order valence-corrected chi connectivity index (χ0v) is 12.2. The molecule has 0 bridgehead atoms. The first-order chi connectivity index (χ1) is 10.2. The number of hydrogen-bond acceptors (Lipinski definition) is 6. The Bertz CT molecular complexity index is 719. The molecule has 2 aromatic rings. The van der Waals surface area contributed by atoms with Crippen LogP contribution in [0.15, 0.2) is 16.2 Å². The summed E-state index contributed by atoms with van der Waals surface area (Å²) in [5, 5.41) is 21.1. The van der Waals surface area contributed by atoms with Gasteiger partial charge in [0, 0.05) is 11.3 Å². The Morgan fingerprint density at radius 2 is 2.24 bits per heavy atom. The molecule has 1 saturated carbocycles. The number of aromatic nitrogens is 5. The summed E-state index contributed by atoms with van der Waals surface area (Å²) in [6, 6.07) is 2.42. The van der Waals surface area contributed by atoms with Gasteiger partial charge in [-0.2, -0.15) is 0 Å². The maximum Gasteiger partial charge on any atom is 0.215 e. The van der Waals surface area contributed by atoms with Crippen molar-refractivity contribution in [2.45, 2.75) is 48.3 Å². The lowest BCUT2D eigenvalue weighted by Crippen LogP contribution is -2.14. The second-order valence-electron chi connectivity index (χ2n) is 5.45. The van der Waals surface area contributed by atoms with Gasteiger partial charge in [-0.3, -0.25) is 5.41 Å². The molecule has 4 rings (SSSR count). The Labute approximate surface area is 125 Å². The van der Waals surface area contributed by atoms with Gasteiger partial charge < -0.3 is 5.73 Å². The van der Waals surface area contributed by atoms with Crippen LogP contribution in [-0.4, -0.2) is 31.0 Å². The van der Waals surface area contributed by atoms with Crippen LogP contribution in [0.25, 0.3) is 0 Å². The molecular formula is C13H15N7S. The van der Waals surface area contributed by atoms with Crippen molar-refractivity contribution in [1.82, 2.24) is 25.2 Å². The first-order valence-corrected chi connectivity index (χ1v) is 7.87. The molecule has 0 saturated heterocycles. The molecule has 2 aliphatic carbocycles. The van der Waals surface area contributed by atoms with Gasteiger partial charge in [-0.25, -0.2) is 9.67 Å². The average molecular weight is 301 g/mol. The number of nitrogen functional groups attached to an aromatic ring is 1. The number of nitrogens with one attached hydrogen (secondary N) is 1. The third-order valence-electron chi connectivity index (χ3n) is 3.85. The molecule has 108 valence electrons. The number of fused-ring (bicyclic) bond motifs is 1. The number of aryl methyl sites for hydroxylation is 2. The van der Waals surface area contributed by atoms with Gasteiger partial charge in [0.05, 0.1) is 6.04 Å². The maximum atomic E-state index is 7.78. The SMILES string of the molecule is N=C(N)c1cc2c(nc1Sc1nnnn1C1CC1)CCC2. The fourth-order valence-corrected chi connectivity index (χ4v) is 3.58. The van der Waals surface area contributed by atoms with Crippen molar-refractivity contribution < 1.29 is 0 Å². The van der Waals surface area contributed by atoms with Crippen molar-refractivity contribution in [2.75, 3.05) is 0 Å². The quantitative estimate of drug-likeness (QED) is 0.651. The minimum absolute atomic E-state index is 0.0464. The van der Waals surface area contributed by atoms with Crippen LogP contribution in [0.1, 0.15) is 42.1 Å². The van der Waals surface area contributed by atoms with Crippen LogP contribution in [0.2, 0.25) is 0 Å². The van der Waals surface area contributed by atoms with Gasteiger partial charge >= 0.3 is 0 Å². The second-order valence-corrected chi connectivity index (χ2v) is 6.41. The number of nitrogens with two attached hydrogens (primary N) is 1. The smallest absolute Gasteiger partial charge is 0.215 e. The number of pyridine rings is 1. The topological polar surface area (TPSA) is 106 Å². The lowest BCUT2D eigenvalue weighted by Gasteiger charge is -2.09. The third kappa shape index (κ3) is 2.29. The monoisotopic (exact) mass is 301 g/mol. The molecule has 2 heterocycles. The molecule has 8 heteroatoms. The fraction of sp³-hybridized carbons (Fsp3) is 0.462. The van der Waals surface area contributed by atoms with E-state index in [-0.39, 0.29) is 5.84 Å². The number of hydrogen-bond donors (Lipinski definition) is 2. The van der Waals surface area contributed by atoms with Crippen LogP contribution < -0.4 is 5.73 Å². The highest BCUT2D eigenvalue weighted by Crippen LogP contribution is 2.38. The van der Waals surface area contributed by atoms with E-state index in [0.717, 1.165) is 48.0 Å². The summed E-state index contributed by atoms with van der Waals surface area (Å²) in [4.78, 5) is 4.70. The van der Waals surface area contributed by atoms with Crippen LogP contribution in [0.4, 0.5) is 0 Å². The van der Waals surface area contributed by atoms with Crippen LogP contribution in [0.3, 0.4) is 0 Å². The van der Waals surface area contributed by atoms with E-state index in [1.165, 1.54) is 17.3 Å². The van der Waals surface area contributed by atoms with Gasteiger partial charge in [0.25, 0.3) is 0 Å². The number of nitrogens with zero attached hydrogens (tertiary/aromatic N) is 5. The van der Waals surface area contributed by atoms with Crippen LogP contribution in [0, 0.1) is 5.41 Å². The van der Waals surface area contributed by atoms with E-state index in [4.69, 9.17) is 16.1 Å². The van der Waals surface area contributed by atoms with Crippen molar-refractivity contribution in [3.63, 3.8) is 0 Å². The van der Waals surface area contributed by atoms with E-state index < -0.39 is 0 Å². The zero-order valence-electron chi connectivity index (χ0n) is 11.4. The van der Waals surface area contributed by atoms with E-state index in [1.54, 1.807) is 0 Å². The molecule has 2 aromatic heterocycles. The van der Waals surface area contributed by atoms with Crippen molar-refractivity contribution in [3.8, 4) is 0 Å². The van der Waals surface area contributed by atoms with E-state index in [2.05, 4.69) is 15.5 Å². The molecular weight excluding hydrogens is 286 g/mol. The molecule has 0 radical (unpaired) electrons. The van der Waals surface area contributed by atoms with Crippen molar-refractivity contribution in [3.05, 3.63) is 22.9 Å². The number of tetrazole rings is 1. The van der Waals surface area contributed by atoms with Crippen LogP contribution >= 0.6 is 11.8 Å². The predicted molar refractivity (Wildman–Crippen MR) is 77.5 cm³/mol. The van der Waals surface area contributed by atoms with Gasteiger partial charge in [0.2, 0.25) is 5.16 Å². The molecule has 2 aliphatic rings. The molecule has 3 N–H and O–H groups in total. The highest BCUT2D eigenvalue weighted by molar-refractivity contribution is 7.99. The lowest BCUT2D eigenvalue weighted by atomic mass is 10.1. The molecule has 0 amide bonds. The Kier molecular flexibility index (Phi) is 2.91. The van der Waals surface area contributed by atoms with Gasteiger partial charge in [0.15, 0.2) is 0 Å². The highest BCUT2D eigenvalue weighted by Gasteiger charge is 2.29. The van der Waals surface area contributed by atoms with Crippen molar-refractivity contribution in [2.24, 2.45) is 5.73 Å². The van der Waals surface area contributed by atoms with Crippen LogP contribution in [-0.2, 0) is 12.8 Å². The lowest BCUT2D eigenvalue weighted by molar-refractivity contribution is 0.565. The summed E-state index contributed by atoms with van der Waals surface area (Å²) in [6.07, 6.45) is 5.38. The molecule has 0 aromatic carbocycles. The van der Waals surface area contributed by atoms with Gasteiger partial charge in [0.1, 0.15) is 10.9 Å². The van der Waals surface area contributed by atoms with Gasteiger partial charge in [-0.1, -0.05) is 0 Å². The minimum atomic E-state index is 0.0464. The summed E-state index contributed by atoms with van der Waals surface area (Å²) >= 11 is 1.41. The molecule has 0 aliphatic heterocycles. The third-order valence-corrected chi connectivity index (χ3v) is 4.81. The largest absolute Gasteiger partial charge is 0.384 e. The van der Waals surface area contributed by atoms with E-state index in [1.807, 2.05) is 10.7 Å². The first-order valence-electron chi connectivity index (χ1n) is 7.05. The van der Waals surface area contributed by atoms with Crippen molar-refractivity contribution in [1.29, 1.82) is 5.41 Å². The summed E-state index contributed by atoms with van der Waals surface area (Å²) in [7, 11) is 0. The van der Waals surface area contributed by atoms with E-state index >= 15 is 0 Å². The summed E-state index contributed by atoms with van der Waals surface area (Å²) in [5.41, 5.74) is 8.74. The zero-order chi connectivity index (χ0) is 14.4. The van der Waals surface area contributed by atoms with E-state index in [0.29, 0.717) is 11.6 Å². The molecule has 0 spiro atoms. The summed E-state index contributed by atoms with van der Waals surface area (Å²) in [5.74, 6) is 0.0464. The van der Waals surface area contributed by atoms with Gasteiger partial charge in [-0.05, 0) is 65.9 Å². The highest BCUT2D eigenvalue weighted by atomic mass is 32.2. The molecule has 0 atom stereocenters. The van der Waals surface area contributed by atoms with Crippen LogP contribution in [0.5, 0.6) is 0 Å². The van der Waals surface area contributed by atoms with Gasteiger partial charge in [-0.15, -0.1) is 5.10 Å². The fourth-order valence-electron chi connectivity index (χ4n) is 2.61. The number of amidine groups is 1. The molecule has 21 heavy (non-hydrogen) atoms. The first kappa shape index (κ1) is 12.8. The Morgan fingerprint density at radius 1 is 1.38 bits per heavy atom. The standard InChI is InChI=1S/C13H15N7S/c14-11(15)9-6-7-2-1-3-10(7)16-12(9)21-13-17-18-19-20(13)8-4-5-8/h6,8H,1-5H2,(H3,14,15). The normalized spacial score (nSPS) is 17.0. The minimum Gasteiger partial charge on any atom is -0.384 e. The molecule has 1 fully saturated rings. The molecule has 0 unspecified atom stereocenters. The van der Waals surface area contributed by atoms with Crippen molar-refractivity contribution >= 4 is 17.6 Å². The second kappa shape index (κ2) is 4.80. The average Bonchev–Trinajstić information content (AvgIpc) is 3.03. The van der Waals surface area contributed by atoms with E-state index in [9.17, 15) is 0 Å². The number of rotatable bonds is 4. The Morgan fingerprint density at radius 3 is 3.00 bits per heavy atom. The maximum absolute atomic E-state index is 7.78. The summed E-state index contributed by atoms with van der Waals surface area (Å²) < 4.78 is 1.85. The summed E-state index contributed by atoms with van der Waals surface area (Å²) in [6.45, 7) is 0. The Hall–Kier alpha value is -1.96.